The summed E-state index contributed by atoms with van der Waals surface area (Å²) < 4.78 is 7.01. The van der Waals surface area contributed by atoms with Gasteiger partial charge in [0.05, 0.1) is 4.47 Å². The van der Waals surface area contributed by atoms with Crippen molar-refractivity contribution in [2.24, 2.45) is 5.41 Å². The van der Waals surface area contributed by atoms with E-state index in [4.69, 9.17) is 9.84 Å². The van der Waals surface area contributed by atoms with Crippen LogP contribution in [-0.2, 0) is 9.53 Å². The highest BCUT2D eigenvalue weighted by molar-refractivity contribution is 9.11. The van der Waals surface area contributed by atoms with Crippen LogP contribution >= 0.6 is 43.6 Å². The van der Waals surface area contributed by atoms with Gasteiger partial charge >= 0.3 is 12.1 Å². The smallest absolute Gasteiger partial charge is 0.412 e. The van der Waals surface area contributed by atoms with Gasteiger partial charge in [-0.15, -0.1) is 11.8 Å². The van der Waals surface area contributed by atoms with Crippen LogP contribution in [0.15, 0.2) is 62.4 Å². The van der Waals surface area contributed by atoms with Gasteiger partial charge in [0.15, 0.2) is 0 Å². The van der Waals surface area contributed by atoms with Gasteiger partial charge in [0.1, 0.15) is 11.9 Å². The third-order valence-electron chi connectivity index (χ3n) is 4.83. The number of phenols is 1. The van der Waals surface area contributed by atoms with Gasteiger partial charge in [0, 0.05) is 32.1 Å². The highest BCUT2D eigenvalue weighted by atomic mass is 79.9. The monoisotopic (exact) mass is 585 g/mol. The Balaban J connectivity index is 2.30. The summed E-state index contributed by atoms with van der Waals surface area (Å²) in [6.45, 7) is 3.81. The van der Waals surface area contributed by atoms with Crippen LogP contribution in [0.5, 0.6) is 5.75 Å². The lowest BCUT2D eigenvalue weighted by atomic mass is 9.78. The van der Waals surface area contributed by atoms with Gasteiger partial charge in [-0.25, -0.2) is 9.59 Å². The molecule has 0 saturated carbocycles. The zero-order valence-corrected chi connectivity index (χ0v) is 21.9. The number of carbonyl (C=O) groups excluding carboxylic acids is 1. The lowest BCUT2D eigenvalue weighted by Gasteiger charge is -2.34. The maximum absolute atomic E-state index is 12.8. The molecule has 9 heteroatoms. The molecule has 0 aliphatic rings. The number of carbonyl (C=O) groups is 2. The summed E-state index contributed by atoms with van der Waals surface area (Å²) in [6, 6.07) is 10.8. The number of rotatable bonds is 9. The number of aliphatic carboxylic acids is 1. The largest absolute Gasteiger partial charge is 0.506 e. The van der Waals surface area contributed by atoms with Gasteiger partial charge in [-0.05, 0) is 71.4 Å². The van der Waals surface area contributed by atoms with E-state index in [-0.39, 0.29) is 5.75 Å². The zero-order valence-electron chi connectivity index (χ0n) is 17.9. The summed E-state index contributed by atoms with van der Waals surface area (Å²) in [7, 11) is 0. The number of nitrogens with one attached hydrogen (secondary N) is 1. The molecule has 2 aromatic carbocycles. The Hall–Kier alpha value is -1.97. The fourth-order valence-corrected chi connectivity index (χ4v) is 4.80. The van der Waals surface area contributed by atoms with Gasteiger partial charge in [0.25, 0.3) is 0 Å². The number of anilines is 1. The Kier molecular flexibility index (Phi) is 9.66. The third kappa shape index (κ3) is 7.56. The minimum absolute atomic E-state index is 0.0236. The summed E-state index contributed by atoms with van der Waals surface area (Å²) in [6.07, 6.45) is 4.14. The first kappa shape index (κ1) is 26.3. The number of ether oxygens (including phenoxy) is 1. The molecule has 0 aliphatic carbocycles. The van der Waals surface area contributed by atoms with Crippen molar-refractivity contribution < 1.29 is 24.5 Å². The maximum atomic E-state index is 12.8. The molecule has 0 saturated heterocycles. The number of allylic oxidation sites excluding steroid dienone is 1. The third-order valence-corrected chi connectivity index (χ3v) is 6.63. The summed E-state index contributed by atoms with van der Waals surface area (Å²) in [5.41, 5.74) is 0.403. The Labute approximate surface area is 208 Å². The van der Waals surface area contributed by atoms with E-state index in [9.17, 15) is 14.7 Å². The molecule has 0 aliphatic heterocycles. The quantitative estimate of drug-likeness (QED) is 0.210. The van der Waals surface area contributed by atoms with Crippen molar-refractivity contribution in [3.8, 4) is 5.75 Å². The van der Waals surface area contributed by atoms with E-state index in [1.54, 1.807) is 42.1 Å². The molecule has 0 radical (unpaired) electrons. The van der Waals surface area contributed by atoms with E-state index in [2.05, 4.69) is 37.2 Å². The number of carboxylic acids is 1. The number of aromatic hydroxyl groups is 1. The average molecular weight is 587 g/mol. The molecule has 1 atom stereocenters. The minimum Gasteiger partial charge on any atom is -0.506 e. The first-order valence-corrected chi connectivity index (χ1v) is 12.5. The van der Waals surface area contributed by atoms with Crippen molar-refractivity contribution in [1.29, 1.82) is 0 Å². The second-order valence-electron chi connectivity index (χ2n) is 7.73. The molecule has 0 spiro atoms. The van der Waals surface area contributed by atoms with E-state index in [0.717, 1.165) is 11.0 Å². The van der Waals surface area contributed by atoms with Gasteiger partial charge in [-0.3, -0.25) is 5.32 Å². The normalized spacial score (nSPS) is 12.5. The van der Waals surface area contributed by atoms with E-state index >= 15 is 0 Å². The number of benzene rings is 2. The second kappa shape index (κ2) is 11.8. The lowest BCUT2D eigenvalue weighted by Crippen LogP contribution is -2.29. The van der Waals surface area contributed by atoms with Gasteiger partial charge in [0.2, 0.25) is 0 Å². The number of halogens is 2. The van der Waals surface area contributed by atoms with Gasteiger partial charge < -0.3 is 14.9 Å². The topological polar surface area (TPSA) is 95.9 Å². The van der Waals surface area contributed by atoms with Crippen LogP contribution in [0.1, 0.15) is 38.4 Å². The molecule has 2 aromatic rings. The number of hydrogen-bond acceptors (Lipinski definition) is 5. The van der Waals surface area contributed by atoms with Crippen LogP contribution in [0, 0.1) is 5.41 Å². The summed E-state index contributed by atoms with van der Waals surface area (Å²) >= 11 is 8.35. The molecule has 0 unspecified atom stereocenters. The predicted molar refractivity (Wildman–Crippen MR) is 134 cm³/mol. The first-order chi connectivity index (χ1) is 15.0. The number of amides is 1. The van der Waals surface area contributed by atoms with E-state index in [1.807, 2.05) is 32.2 Å². The number of thioether (sulfide) groups is 1. The lowest BCUT2D eigenvalue weighted by molar-refractivity contribution is -0.131. The Morgan fingerprint density at radius 2 is 1.88 bits per heavy atom. The average Bonchev–Trinajstić information content (AvgIpc) is 2.72. The van der Waals surface area contributed by atoms with Crippen LogP contribution in [-0.4, -0.2) is 28.5 Å². The van der Waals surface area contributed by atoms with Crippen LogP contribution < -0.4 is 5.32 Å². The molecular formula is C23H25Br2NO5S. The molecule has 0 aromatic heterocycles. The number of hydrogen-bond donors (Lipinski definition) is 3. The first-order valence-electron chi connectivity index (χ1n) is 9.72. The van der Waals surface area contributed by atoms with Crippen LogP contribution in [0.4, 0.5) is 10.5 Å². The minimum atomic E-state index is -1.02. The van der Waals surface area contributed by atoms with Crippen molar-refractivity contribution in [2.45, 2.75) is 37.7 Å². The maximum Gasteiger partial charge on any atom is 0.412 e. The molecule has 0 heterocycles. The molecule has 0 bridgehead atoms. The molecule has 6 nitrogen and oxygen atoms in total. The predicted octanol–water partition coefficient (Wildman–Crippen LogP) is 7.38. The molecular weight excluding hydrogens is 562 g/mol. The highest BCUT2D eigenvalue weighted by Crippen LogP contribution is 2.46. The second-order valence-corrected chi connectivity index (χ2v) is 10.4. The Morgan fingerprint density at radius 3 is 2.47 bits per heavy atom. The van der Waals surface area contributed by atoms with Crippen molar-refractivity contribution in [3.05, 3.63) is 63.1 Å². The summed E-state index contributed by atoms with van der Waals surface area (Å²) in [5, 5.41) is 22.2. The summed E-state index contributed by atoms with van der Waals surface area (Å²) in [5.74, 6) is -1.04. The standard InChI is InChI=1S/C23H25Br2NO5S/c1-23(2,11-5-4-6-19(27)28)21(17-12-14(24)13-18(25)20(17)29)31-22(30)26-15-7-9-16(32-3)10-8-15/h4,6-10,12-13,21,29H,5,11H2,1-3H3,(H,26,30)(H,27,28)/b6-4+/t21-/m0/s1. The Morgan fingerprint density at radius 1 is 1.22 bits per heavy atom. The SMILES string of the molecule is CSc1ccc(NC(=O)O[C@@H](c2cc(Br)cc(Br)c2O)C(C)(C)CC/C=C/C(=O)O)cc1. The molecule has 2 rings (SSSR count). The van der Waals surface area contributed by atoms with Gasteiger partial charge in [-0.1, -0.05) is 35.9 Å². The Bertz CT molecular complexity index is 993. The molecule has 172 valence electrons. The fraction of sp³-hybridized carbons (Fsp3) is 0.304. The molecule has 32 heavy (non-hydrogen) atoms. The van der Waals surface area contributed by atoms with E-state index < -0.39 is 23.6 Å². The highest BCUT2D eigenvalue weighted by Gasteiger charge is 2.36. The molecule has 1 amide bonds. The van der Waals surface area contributed by atoms with E-state index in [0.29, 0.717) is 33.0 Å². The fourth-order valence-electron chi connectivity index (χ4n) is 3.13. The van der Waals surface area contributed by atoms with Gasteiger partial charge in [-0.2, -0.15) is 0 Å². The molecule has 3 N–H and O–H groups in total. The summed E-state index contributed by atoms with van der Waals surface area (Å²) in [4.78, 5) is 24.6. The number of carboxylic acid groups (broad SMARTS) is 1. The van der Waals surface area contributed by atoms with Crippen LogP contribution in [0.2, 0.25) is 0 Å². The zero-order chi connectivity index (χ0) is 23.9. The van der Waals surface area contributed by atoms with Crippen molar-refractivity contribution in [1.82, 2.24) is 0 Å². The van der Waals surface area contributed by atoms with Crippen LogP contribution in [0.3, 0.4) is 0 Å². The van der Waals surface area contributed by atoms with Crippen molar-refractivity contribution in [2.75, 3.05) is 11.6 Å². The molecule has 0 fully saturated rings. The van der Waals surface area contributed by atoms with Crippen LogP contribution in [0.25, 0.3) is 0 Å². The van der Waals surface area contributed by atoms with E-state index in [1.165, 1.54) is 0 Å². The number of phenolic OH excluding ortho intramolecular Hbond substituents is 1. The van der Waals surface area contributed by atoms with Crippen molar-refractivity contribution >= 4 is 61.4 Å². The van der Waals surface area contributed by atoms with Crippen molar-refractivity contribution in [3.63, 3.8) is 0 Å².